The summed E-state index contributed by atoms with van der Waals surface area (Å²) in [5, 5.41) is 19.5. The molecule has 0 radical (unpaired) electrons. The molecule has 164 valence electrons. The number of allylic oxidation sites excluding steroid dienone is 1. The molecule has 5 rings (SSSR count). The minimum atomic E-state index is -0.588. The summed E-state index contributed by atoms with van der Waals surface area (Å²) in [7, 11) is 0. The number of ketones is 1. The first-order valence-electron chi connectivity index (χ1n) is 12.6. The van der Waals surface area contributed by atoms with Crippen LogP contribution in [-0.2, 0) is 4.79 Å². The lowest BCUT2D eigenvalue weighted by atomic mass is 9.47. The van der Waals surface area contributed by atoms with Crippen LogP contribution < -0.4 is 0 Å². The van der Waals surface area contributed by atoms with Crippen LogP contribution in [0.1, 0.15) is 97.3 Å². The molecule has 0 aromatic rings. The third-order valence-corrected chi connectivity index (χ3v) is 10.7. The van der Waals surface area contributed by atoms with E-state index in [1.165, 1.54) is 38.5 Å². The van der Waals surface area contributed by atoms with E-state index in [-0.39, 0.29) is 11.9 Å². The molecule has 0 spiro atoms. The van der Waals surface area contributed by atoms with Gasteiger partial charge in [-0.3, -0.25) is 4.79 Å². The predicted octanol–water partition coefficient (Wildman–Crippen LogP) is 5.97. The molecular formula is C27H39NO2. The maximum absolute atomic E-state index is 12.4. The molecule has 0 aromatic carbocycles. The van der Waals surface area contributed by atoms with Gasteiger partial charge >= 0.3 is 0 Å². The van der Waals surface area contributed by atoms with Gasteiger partial charge in [0.1, 0.15) is 5.41 Å². The van der Waals surface area contributed by atoms with Crippen LogP contribution in [0.3, 0.4) is 0 Å². The zero-order valence-corrected chi connectivity index (χ0v) is 19.0. The smallest absolute Gasteiger partial charge is 0.153 e. The van der Waals surface area contributed by atoms with Crippen molar-refractivity contribution in [3.05, 3.63) is 11.6 Å². The third kappa shape index (κ3) is 3.04. The number of aliphatic hydroxyl groups excluding tert-OH is 1. The maximum atomic E-state index is 12.4. The minimum Gasteiger partial charge on any atom is -0.393 e. The quantitative estimate of drug-likeness (QED) is 0.569. The molecule has 0 amide bonds. The molecular weight excluding hydrogens is 370 g/mol. The van der Waals surface area contributed by atoms with Gasteiger partial charge in [-0.2, -0.15) is 5.26 Å². The fourth-order valence-corrected chi connectivity index (χ4v) is 8.55. The number of Topliss-reactive ketones (excluding diaryl/α,β-unsaturated/α-hetero) is 1. The van der Waals surface area contributed by atoms with Crippen molar-refractivity contribution < 1.29 is 9.90 Å². The summed E-state index contributed by atoms with van der Waals surface area (Å²) < 4.78 is 0. The molecule has 0 heterocycles. The summed E-state index contributed by atoms with van der Waals surface area (Å²) in [4.78, 5) is 12.4. The number of nitrogens with zero attached hydrogens (tertiary/aromatic N) is 1. The van der Waals surface area contributed by atoms with Gasteiger partial charge in [0.25, 0.3) is 0 Å². The first-order valence-corrected chi connectivity index (χ1v) is 12.6. The molecule has 3 nitrogen and oxygen atoms in total. The Balaban J connectivity index is 1.25. The van der Waals surface area contributed by atoms with E-state index in [4.69, 9.17) is 0 Å². The van der Waals surface area contributed by atoms with Gasteiger partial charge in [0.05, 0.1) is 12.2 Å². The van der Waals surface area contributed by atoms with Crippen LogP contribution in [-0.4, -0.2) is 17.0 Å². The molecule has 5 aliphatic rings. The molecule has 4 fully saturated rings. The average molecular weight is 410 g/mol. The van der Waals surface area contributed by atoms with Crippen molar-refractivity contribution in [2.75, 3.05) is 0 Å². The molecule has 5 aliphatic carbocycles. The van der Waals surface area contributed by atoms with Crippen LogP contribution in [0.5, 0.6) is 0 Å². The zero-order valence-electron chi connectivity index (χ0n) is 19.0. The fraction of sp³-hybridized carbons (Fsp3) is 0.852. The number of rotatable bonds is 5. The number of nitriles is 1. The molecule has 0 aliphatic heterocycles. The highest BCUT2D eigenvalue weighted by Gasteiger charge is 2.58. The van der Waals surface area contributed by atoms with Crippen molar-refractivity contribution in [2.24, 2.45) is 39.9 Å². The van der Waals surface area contributed by atoms with Crippen molar-refractivity contribution >= 4 is 5.78 Å². The number of fused-ring (bicyclic) bond motifs is 5. The van der Waals surface area contributed by atoms with Crippen molar-refractivity contribution in [1.29, 1.82) is 5.26 Å². The SMILES string of the molecule is C[C@]12CCC3[C@@H](CC=C4C[C@@H](O)CC[C@@]43C)C1CCC2CCCC(=O)C1(C#N)CC1. The van der Waals surface area contributed by atoms with Crippen molar-refractivity contribution in [1.82, 2.24) is 0 Å². The van der Waals surface area contributed by atoms with Crippen molar-refractivity contribution in [2.45, 2.75) is 103 Å². The highest BCUT2D eigenvalue weighted by molar-refractivity contribution is 5.90. The summed E-state index contributed by atoms with van der Waals surface area (Å²) in [5.74, 6) is 3.40. The van der Waals surface area contributed by atoms with Crippen LogP contribution in [0.2, 0.25) is 0 Å². The van der Waals surface area contributed by atoms with E-state index in [2.05, 4.69) is 26.0 Å². The highest BCUT2D eigenvalue weighted by atomic mass is 16.3. The Bertz CT molecular complexity index is 789. The van der Waals surface area contributed by atoms with E-state index >= 15 is 0 Å². The predicted molar refractivity (Wildman–Crippen MR) is 117 cm³/mol. The Labute approximate surface area is 182 Å². The first-order chi connectivity index (χ1) is 14.3. The van der Waals surface area contributed by atoms with Gasteiger partial charge in [-0.15, -0.1) is 0 Å². The number of carbonyl (C=O) groups excluding carboxylic acids is 1. The summed E-state index contributed by atoms with van der Waals surface area (Å²) >= 11 is 0. The van der Waals surface area contributed by atoms with Gasteiger partial charge in [0.15, 0.2) is 5.78 Å². The molecule has 3 heteroatoms. The Kier molecular flexibility index (Phi) is 4.97. The largest absolute Gasteiger partial charge is 0.393 e. The monoisotopic (exact) mass is 409 g/mol. The average Bonchev–Trinajstić information content (AvgIpc) is 3.46. The van der Waals surface area contributed by atoms with Crippen LogP contribution in [0.4, 0.5) is 0 Å². The standard InChI is InChI=1S/C27H39NO2/c1-25-13-11-23-21(8-6-19-16-20(29)10-12-26(19,23)2)22(25)9-7-18(25)4-3-5-24(30)27(17-28)14-15-27/h6,18,20-23,29H,3-5,7-16H2,1-2H3/t18?,20-,21-,22?,23?,25+,26-/m0/s1. The van der Waals surface area contributed by atoms with Crippen LogP contribution in [0.25, 0.3) is 0 Å². The second kappa shape index (κ2) is 7.19. The van der Waals surface area contributed by atoms with E-state index in [0.717, 1.165) is 62.2 Å². The highest BCUT2D eigenvalue weighted by Crippen LogP contribution is 2.66. The molecule has 3 unspecified atom stereocenters. The Morgan fingerprint density at radius 3 is 2.67 bits per heavy atom. The second-order valence-electron chi connectivity index (χ2n) is 12.0. The summed E-state index contributed by atoms with van der Waals surface area (Å²) in [5.41, 5.74) is 1.73. The van der Waals surface area contributed by atoms with Crippen molar-refractivity contribution in [3.8, 4) is 6.07 Å². The molecule has 0 saturated heterocycles. The molecule has 0 aromatic heterocycles. The molecule has 4 saturated carbocycles. The fourth-order valence-electron chi connectivity index (χ4n) is 8.55. The van der Waals surface area contributed by atoms with Gasteiger partial charge in [-0.1, -0.05) is 25.5 Å². The van der Waals surface area contributed by atoms with Gasteiger partial charge in [-0.25, -0.2) is 0 Å². The zero-order chi connectivity index (χ0) is 21.1. The molecule has 7 atom stereocenters. The number of hydrogen-bond donors (Lipinski definition) is 1. The summed E-state index contributed by atoms with van der Waals surface area (Å²) in [6.07, 6.45) is 16.4. The van der Waals surface area contributed by atoms with Crippen LogP contribution >= 0.6 is 0 Å². The van der Waals surface area contributed by atoms with Gasteiger partial charge in [-0.05, 0) is 112 Å². The van der Waals surface area contributed by atoms with E-state index in [0.29, 0.717) is 17.3 Å². The second-order valence-corrected chi connectivity index (χ2v) is 12.0. The van der Waals surface area contributed by atoms with Gasteiger partial charge < -0.3 is 5.11 Å². The Hall–Kier alpha value is -1.14. The lowest BCUT2D eigenvalue weighted by molar-refractivity contribution is -0.122. The van der Waals surface area contributed by atoms with E-state index < -0.39 is 5.41 Å². The molecule has 0 bridgehead atoms. The Morgan fingerprint density at radius 1 is 1.13 bits per heavy atom. The number of aliphatic hydroxyl groups is 1. The lowest BCUT2D eigenvalue weighted by Gasteiger charge is -2.58. The number of hydrogen-bond acceptors (Lipinski definition) is 3. The number of carbonyl (C=O) groups is 1. The van der Waals surface area contributed by atoms with Crippen molar-refractivity contribution in [3.63, 3.8) is 0 Å². The topological polar surface area (TPSA) is 61.1 Å². The normalized spacial score (nSPS) is 46.1. The molecule has 30 heavy (non-hydrogen) atoms. The van der Waals surface area contributed by atoms with Gasteiger partial charge in [0.2, 0.25) is 0 Å². The van der Waals surface area contributed by atoms with Gasteiger partial charge in [0, 0.05) is 6.42 Å². The third-order valence-electron chi connectivity index (χ3n) is 10.7. The lowest BCUT2D eigenvalue weighted by Crippen LogP contribution is -2.50. The molecule has 1 N–H and O–H groups in total. The van der Waals surface area contributed by atoms with Crippen LogP contribution in [0, 0.1) is 51.2 Å². The Morgan fingerprint density at radius 2 is 1.93 bits per heavy atom. The van der Waals surface area contributed by atoms with Crippen LogP contribution in [0.15, 0.2) is 11.6 Å². The minimum absolute atomic E-state index is 0.121. The van der Waals surface area contributed by atoms with E-state index in [1.54, 1.807) is 5.57 Å². The van der Waals surface area contributed by atoms with E-state index in [1.807, 2.05) is 0 Å². The first kappa shape index (κ1) is 20.7. The maximum Gasteiger partial charge on any atom is 0.153 e. The summed E-state index contributed by atoms with van der Waals surface area (Å²) in [6.45, 7) is 5.07. The van der Waals surface area contributed by atoms with E-state index in [9.17, 15) is 15.2 Å². The summed E-state index contributed by atoms with van der Waals surface area (Å²) in [6, 6.07) is 2.27.